The minimum absolute atomic E-state index is 0.412. The van der Waals surface area contributed by atoms with Crippen LogP contribution in [0.5, 0.6) is 5.75 Å². The quantitative estimate of drug-likeness (QED) is 0.882. The highest BCUT2D eigenvalue weighted by Crippen LogP contribution is 2.22. The molecule has 0 bridgehead atoms. The maximum absolute atomic E-state index is 11.8. The second-order valence-electron chi connectivity index (χ2n) is 5.49. The molecule has 2 aromatic rings. The number of nitrogens with one attached hydrogen (secondary N) is 1. The Morgan fingerprint density at radius 3 is 2.52 bits per heavy atom. The van der Waals surface area contributed by atoms with Crippen LogP contribution < -0.4 is 15.8 Å². The van der Waals surface area contributed by atoms with Crippen molar-refractivity contribution in [3.05, 3.63) is 42.0 Å². The highest BCUT2D eigenvalue weighted by molar-refractivity contribution is 5.96. The van der Waals surface area contributed by atoms with E-state index >= 15 is 0 Å². The van der Waals surface area contributed by atoms with Crippen molar-refractivity contribution >= 4 is 22.7 Å². The number of ether oxygens (including phenoxy) is 1. The lowest BCUT2D eigenvalue weighted by molar-refractivity contribution is -0.124. The number of primary amides is 1. The van der Waals surface area contributed by atoms with Crippen molar-refractivity contribution in [1.29, 1.82) is 0 Å². The summed E-state index contributed by atoms with van der Waals surface area (Å²) in [4.78, 5) is 24.4. The minimum Gasteiger partial charge on any atom is -0.497 e. The van der Waals surface area contributed by atoms with Gasteiger partial charge >= 0.3 is 6.03 Å². The molecule has 3 amide bonds. The molecular formula is C17H21N3O3. The number of nitrogens with zero attached hydrogens (tertiary/aromatic N) is 1. The van der Waals surface area contributed by atoms with Crippen molar-refractivity contribution in [1.82, 2.24) is 10.2 Å². The standard InChI is InChI=1S/C17H21N3O3/c1-11(16(21)19-17(18)22)20(2)10-12-4-5-14-9-15(23-3)7-6-13(14)8-12/h4-9,11H,10H2,1-3H3,(H3,18,19,21,22)/t11-/m0/s1. The van der Waals surface area contributed by atoms with E-state index in [9.17, 15) is 9.59 Å². The molecule has 0 heterocycles. The van der Waals surface area contributed by atoms with Gasteiger partial charge in [0.2, 0.25) is 5.91 Å². The maximum atomic E-state index is 11.8. The lowest BCUT2D eigenvalue weighted by Crippen LogP contribution is -2.46. The van der Waals surface area contributed by atoms with Gasteiger partial charge in [0.1, 0.15) is 5.75 Å². The van der Waals surface area contributed by atoms with Crippen molar-refractivity contribution in [3.8, 4) is 5.75 Å². The smallest absolute Gasteiger partial charge is 0.318 e. The van der Waals surface area contributed by atoms with E-state index < -0.39 is 18.0 Å². The molecule has 122 valence electrons. The zero-order chi connectivity index (χ0) is 17.0. The Bertz CT molecular complexity index is 730. The molecule has 0 radical (unpaired) electrons. The number of benzene rings is 2. The molecule has 0 fully saturated rings. The first-order valence-electron chi connectivity index (χ1n) is 7.28. The Morgan fingerprint density at radius 1 is 1.22 bits per heavy atom. The van der Waals surface area contributed by atoms with E-state index in [2.05, 4.69) is 11.4 Å². The molecule has 0 aromatic heterocycles. The Morgan fingerprint density at radius 2 is 1.87 bits per heavy atom. The monoisotopic (exact) mass is 315 g/mol. The molecule has 3 N–H and O–H groups in total. The molecule has 1 atom stereocenters. The third-order valence-electron chi connectivity index (χ3n) is 3.83. The third-order valence-corrected chi connectivity index (χ3v) is 3.83. The van der Waals surface area contributed by atoms with Gasteiger partial charge in [-0.3, -0.25) is 15.0 Å². The molecule has 2 aromatic carbocycles. The summed E-state index contributed by atoms with van der Waals surface area (Å²) < 4.78 is 5.22. The van der Waals surface area contributed by atoms with E-state index in [0.717, 1.165) is 22.1 Å². The number of nitrogens with two attached hydrogens (primary N) is 1. The molecular weight excluding hydrogens is 294 g/mol. The Labute approximate surface area is 135 Å². The molecule has 0 saturated heterocycles. The predicted molar refractivity (Wildman–Crippen MR) is 89.2 cm³/mol. The van der Waals surface area contributed by atoms with E-state index in [0.29, 0.717) is 6.54 Å². The van der Waals surface area contributed by atoms with Gasteiger partial charge in [-0.15, -0.1) is 0 Å². The Kier molecular flexibility index (Phi) is 5.18. The predicted octanol–water partition coefficient (Wildman–Crippen LogP) is 1.86. The van der Waals surface area contributed by atoms with Gasteiger partial charge in [0.05, 0.1) is 13.2 Å². The van der Waals surface area contributed by atoms with Crippen LogP contribution in [0.15, 0.2) is 36.4 Å². The number of carbonyl (C=O) groups excluding carboxylic acids is 2. The van der Waals surface area contributed by atoms with E-state index in [-0.39, 0.29) is 0 Å². The number of hydrogen-bond acceptors (Lipinski definition) is 4. The summed E-state index contributed by atoms with van der Waals surface area (Å²) in [6.07, 6.45) is 0. The summed E-state index contributed by atoms with van der Waals surface area (Å²) in [6.45, 7) is 2.31. The van der Waals surface area contributed by atoms with Gasteiger partial charge in [-0.2, -0.15) is 0 Å². The number of fused-ring (bicyclic) bond motifs is 1. The van der Waals surface area contributed by atoms with Crippen LogP contribution in [0, 0.1) is 0 Å². The molecule has 23 heavy (non-hydrogen) atoms. The van der Waals surface area contributed by atoms with Crippen LogP contribution in [0.2, 0.25) is 0 Å². The molecule has 0 aliphatic heterocycles. The lowest BCUT2D eigenvalue weighted by Gasteiger charge is -2.23. The first-order valence-corrected chi connectivity index (χ1v) is 7.28. The summed E-state index contributed by atoms with van der Waals surface area (Å²) in [5, 5.41) is 4.29. The average molecular weight is 315 g/mol. The molecule has 6 nitrogen and oxygen atoms in total. The van der Waals surface area contributed by atoms with Crippen LogP contribution in [0.4, 0.5) is 4.79 Å². The number of methoxy groups -OCH3 is 1. The second-order valence-corrected chi connectivity index (χ2v) is 5.49. The van der Waals surface area contributed by atoms with Gasteiger partial charge in [-0.05, 0) is 48.5 Å². The van der Waals surface area contributed by atoms with Crippen molar-refractivity contribution in [2.45, 2.75) is 19.5 Å². The van der Waals surface area contributed by atoms with Gasteiger partial charge in [-0.1, -0.05) is 18.2 Å². The topological polar surface area (TPSA) is 84.7 Å². The summed E-state index contributed by atoms with van der Waals surface area (Å²) >= 11 is 0. The highest BCUT2D eigenvalue weighted by atomic mass is 16.5. The van der Waals surface area contributed by atoms with Gasteiger partial charge in [0.15, 0.2) is 0 Å². The van der Waals surface area contributed by atoms with Gasteiger partial charge in [0.25, 0.3) is 0 Å². The van der Waals surface area contributed by atoms with Crippen molar-refractivity contribution < 1.29 is 14.3 Å². The second kappa shape index (κ2) is 7.11. The van der Waals surface area contributed by atoms with Crippen LogP contribution in [0.1, 0.15) is 12.5 Å². The lowest BCUT2D eigenvalue weighted by atomic mass is 10.1. The molecule has 0 aliphatic carbocycles. The summed E-state index contributed by atoms with van der Waals surface area (Å²) in [7, 11) is 3.46. The van der Waals surface area contributed by atoms with Crippen LogP contribution in [0.25, 0.3) is 10.8 Å². The number of carbonyl (C=O) groups is 2. The van der Waals surface area contributed by atoms with Crippen LogP contribution >= 0.6 is 0 Å². The van der Waals surface area contributed by atoms with Crippen LogP contribution in [-0.2, 0) is 11.3 Å². The third kappa shape index (κ3) is 4.20. The summed E-state index contributed by atoms with van der Waals surface area (Å²) in [5.41, 5.74) is 6.04. The molecule has 0 unspecified atom stereocenters. The first-order chi connectivity index (χ1) is 10.9. The molecule has 2 rings (SSSR count). The SMILES string of the molecule is COc1ccc2cc(CN(C)[C@@H](C)C(=O)NC(N)=O)ccc2c1. The number of amides is 3. The number of urea groups is 1. The molecule has 6 heteroatoms. The Balaban J connectivity index is 2.11. The zero-order valence-electron chi connectivity index (χ0n) is 13.5. The average Bonchev–Trinajstić information content (AvgIpc) is 2.52. The van der Waals surface area contributed by atoms with Gasteiger partial charge < -0.3 is 10.5 Å². The number of hydrogen-bond donors (Lipinski definition) is 2. The van der Waals surface area contributed by atoms with Gasteiger partial charge in [0, 0.05) is 6.54 Å². The molecule has 0 spiro atoms. The first kappa shape index (κ1) is 16.8. The summed E-state index contributed by atoms with van der Waals surface area (Å²) in [5.74, 6) is 0.407. The van der Waals surface area contributed by atoms with Crippen LogP contribution in [0.3, 0.4) is 0 Å². The minimum atomic E-state index is -0.838. The highest BCUT2D eigenvalue weighted by Gasteiger charge is 2.19. The van der Waals surface area contributed by atoms with Gasteiger partial charge in [-0.25, -0.2) is 4.79 Å². The Hall–Kier alpha value is -2.60. The fourth-order valence-corrected chi connectivity index (χ4v) is 2.35. The van der Waals surface area contributed by atoms with Crippen LogP contribution in [-0.4, -0.2) is 37.0 Å². The van der Waals surface area contributed by atoms with Crippen molar-refractivity contribution in [2.24, 2.45) is 5.73 Å². The van der Waals surface area contributed by atoms with E-state index in [1.54, 1.807) is 14.0 Å². The molecule has 0 saturated carbocycles. The summed E-state index contributed by atoms with van der Waals surface area (Å²) in [6, 6.07) is 10.7. The van der Waals surface area contributed by atoms with E-state index in [1.807, 2.05) is 42.3 Å². The maximum Gasteiger partial charge on any atom is 0.318 e. The number of likely N-dealkylation sites (N-methyl/N-ethyl adjacent to an activating group) is 1. The largest absolute Gasteiger partial charge is 0.497 e. The van der Waals surface area contributed by atoms with Crippen molar-refractivity contribution in [3.63, 3.8) is 0 Å². The number of imide groups is 1. The zero-order valence-corrected chi connectivity index (χ0v) is 13.5. The van der Waals surface area contributed by atoms with E-state index in [4.69, 9.17) is 10.5 Å². The number of rotatable bonds is 5. The fourth-order valence-electron chi connectivity index (χ4n) is 2.35. The van der Waals surface area contributed by atoms with Crippen molar-refractivity contribution in [2.75, 3.05) is 14.2 Å². The fraction of sp³-hybridized carbons (Fsp3) is 0.294. The normalized spacial score (nSPS) is 12.2. The van der Waals surface area contributed by atoms with E-state index in [1.165, 1.54) is 0 Å². The molecule has 0 aliphatic rings.